The second-order valence-electron chi connectivity index (χ2n) is 4.94. The first-order chi connectivity index (χ1) is 8.50. The van der Waals surface area contributed by atoms with Crippen LogP contribution < -0.4 is 4.74 Å². The summed E-state index contributed by atoms with van der Waals surface area (Å²) >= 11 is 0. The van der Waals surface area contributed by atoms with E-state index in [9.17, 15) is 4.79 Å². The Morgan fingerprint density at radius 1 is 1.11 bits per heavy atom. The van der Waals surface area contributed by atoms with Crippen LogP contribution in [0.3, 0.4) is 0 Å². The van der Waals surface area contributed by atoms with Gasteiger partial charge in [0.2, 0.25) is 0 Å². The second-order valence-corrected chi connectivity index (χ2v) is 4.94. The van der Waals surface area contributed by atoms with Crippen LogP contribution in [0.1, 0.15) is 20.8 Å². The summed E-state index contributed by atoms with van der Waals surface area (Å²) in [6, 6.07) is 9.57. The molecule has 0 aliphatic rings. The SMILES string of the molecule is CC(C)(C)C(=O)OCC=CCOc1ccccc1. The van der Waals surface area contributed by atoms with Crippen molar-refractivity contribution in [2.24, 2.45) is 5.41 Å². The first kappa shape index (κ1) is 14.3. The lowest BCUT2D eigenvalue weighted by Gasteiger charge is -2.15. The number of rotatable bonds is 5. The lowest BCUT2D eigenvalue weighted by atomic mass is 9.97. The number of carbonyl (C=O) groups excluding carboxylic acids is 1. The molecule has 0 unspecified atom stereocenters. The van der Waals surface area contributed by atoms with E-state index in [1.807, 2.05) is 57.2 Å². The summed E-state index contributed by atoms with van der Waals surface area (Å²) in [5, 5.41) is 0. The van der Waals surface area contributed by atoms with Gasteiger partial charge in [0.25, 0.3) is 0 Å². The number of benzene rings is 1. The van der Waals surface area contributed by atoms with Gasteiger partial charge in [-0.1, -0.05) is 18.2 Å². The molecule has 0 radical (unpaired) electrons. The van der Waals surface area contributed by atoms with Crippen LogP contribution in [0.5, 0.6) is 5.75 Å². The Labute approximate surface area is 108 Å². The van der Waals surface area contributed by atoms with Crippen LogP contribution >= 0.6 is 0 Å². The third-order valence-corrected chi connectivity index (χ3v) is 2.18. The van der Waals surface area contributed by atoms with Crippen molar-refractivity contribution in [2.45, 2.75) is 20.8 Å². The van der Waals surface area contributed by atoms with Crippen LogP contribution in [0.4, 0.5) is 0 Å². The van der Waals surface area contributed by atoms with Gasteiger partial charge in [-0.2, -0.15) is 0 Å². The van der Waals surface area contributed by atoms with Gasteiger partial charge in [-0.15, -0.1) is 0 Å². The number of hydrogen-bond donors (Lipinski definition) is 0. The standard InChI is InChI=1S/C15H20O3/c1-15(2,3)14(16)18-12-8-7-11-17-13-9-5-4-6-10-13/h4-10H,11-12H2,1-3H3. The first-order valence-corrected chi connectivity index (χ1v) is 6.00. The zero-order valence-electron chi connectivity index (χ0n) is 11.2. The molecule has 0 aliphatic heterocycles. The van der Waals surface area contributed by atoms with Crippen LogP contribution in [-0.4, -0.2) is 19.2 Å². The highest BCUT2D eigenvalue weighted by Gasteiger charge is 2.22. The van der Waals surface area contributed by atoms with Gasteiger partial charge in [0.05, 0.1) is 5.41 Å². The molecular weight excluding hydrogens is 228 g/mol. The summed E-state index contributed by atoms with van der Waals surface area (Å²) < 4.78 is 10.5. The molecule has 1 aromatic rings. The first-order valence-electron chi connectivity index (χ1n) is 6.00. The quantitative estimate of drug-likeness (QED) is 0.593. The van der Waals surface area contributed by atoms with E-state index in [-0.39, 0.29) is 12.6 Å². The van der Waals surface area contributed by atoms with Crippen LogP contribution in [0, 0.1) is 5.41 Å². The predicted molar refractivity (Wildman–Crippen MR) is 71.5 cm³/mol. The van der Waals surface area contributed by atoms with Gasteiger partial charge in [0.15, 0.2) is 0 Å². The molecule has 1 aromatic carbocycles. The van der Waals surface area contributed by atoms with Crippen molar-refractivity contribution < 1.29 is 14.3 Å². The van der Waals surface area contributed by atoms with E-state index < -0.39 is 5.41 Å². The molecule has 0 heterocycles. The fourth-order valence-corrected chi connectivity index (χ4v) is 1.14. The molecular formula is C15H20O3. The van der Waals surface area contributed by atoms with Crippen LogP contribution in [0.2, 0.25) is 0 Å². The van der Waals surface area contributed by atoms with Crippen LogP contribution in [-0.2, 0) is 9.53 Å². The Hall–Kier alpha value is -1.77. The Morgan fingerprint density at radius 2 is 1.72 bits per heavy atom. The normalized spacial score (nSPS) is 11.5. The van der Waals surface area contributed by atoms with Gasteiger partial charge < -0.3 is 9.47 Å². The predicted octanol–water partition coefficient (Wildman–Crippen LogP) is 3.21. The molecule has 3 heteroatoms. The molecule has 0 spiro atoms. The van der Waals surface area contributed by atoms with E-state index >= 15 is 0 Å². The molecule has 1 rings (SSSR count). The van der Waals surface area contributed by atoms with Crippen LogP contribution in [0.15, 0.2) is 42.5 Å². The Bertz CT molecular complexity index is 388. The summed E-state index contributed by atoms with van der Waals surface area (Å²) in [7, 11) is 0. The average molecular weight is 248 g/mol. The van der Waals surface area contributed by atoms with Gasteiger partial charge in [-0.05, 0) is 45.1 Å². The Balaban J connectivity index is 2.17. The van der Waals surface area contributed by atoms with Crippen molar-refractivity contribution in [3.05, 3.63) is 42.5 Å². The molecule has 0 amide bonds. The minimum absolute atomic E-state index is 0.198. The molecule has 0 saturated carbocycles. The maximum absolute atomic E-state index is 11.4. The highest BCUT2D eigenvalue weighted by atomic mass is 16.5. The minimum atomic E-state index is -0.450. The summed E-state index contributed by atoms with van der Waals surface area (Å²) in [4.78, 5) is 11.4. The van der Waals surface area contributed by atoms with Crippen molar-refractivity contribution >= 4 is 5.97 Å². The third-order valence-electron chi connectivity index (χ3n) is 2.18. The topological polar surface area (TPSA) is 35.5 Å². The average Bonchev–Trinajstić information content (AvgIpc) is 2.33. The molecule has 18 heavy (non-hydrogen) atoms. The largest absolute Gasteiger partial charge is 0.490 e. The van der Waals surface area contributed by atoms with E-state index in [0.717, 1.165) is 5.75 Å². The zero-order valence-corrected chi connectivity index (χ0v) is 11.2. The van der Waals surface area contributed by atoms with E-state index in [4.69, 9.17) is 9.47 Å². The smallest absolute Gasteiger partial charge is 0.311 e. The third kappa shape index (κ3) is 5.53. The molecule has 98 valence electrons. The fourth-order valence-electron chi connectivity index (χ4n) is 1.14. The monoisotopic (exact) mass is 248 g/mol. The molecule has 0 N–H and O–H groups in total. The lowest BCUT2D eigenvalue weighted by Crippen LogP contribution is -2.22. The molecule has 0 aliphatic carbocycles. The maximum atomic E-state index is 11.4. The molecule has 0 saturated heterocycles. The number of ether oxygens (including phenoxy) is 2. The van der Waals surface area contributed by atoms with Crippen molar-refractivity contribution in [3.63, 3.8) is 0 Å². The molecule has 0 atom stereocenters. The number of para-hydroxylation sites is 1. The summed E-state index contributed by atoms with van der Waals surface area (Å²) in [6.45, 7) is 6.25. The molecule has 0 bridgehead atoms. The summed E-state index contributed by atoms with van der Waals surface area (Å²) in [5.41, 5.74) is -0.450. The summed E-state index contributed by atoms with van der Waals surface area (Å²) in [5.74, 6) is 0.630. The van der Waals surface area contributed by atoms with Gasteiger partial charge in [0, 0.05) is 0 Å². The Kier molecular flexibility index (Phi) is 5.43. The van der Waals surface area contributed by atoms with Crippen molar-refractivity contribution in [2.75, 3.05) is 13.2 Å². The number of hydrogen-bond acceptors (Lipinski definition) is 3. The van der Waals surface area contributed by atoms with Gasteiger partial charge >= 0.3 is 5.97 Å². The van der Waals surface area contributed by atoms with Gasteiger partial charge in [-0.25, -0.2) is 0 Å². The fraction of sp³-hybridized carbons (Fsp3) is 0.400. The summed E-state index contributed by atoms with van der Waals surface area (Å²) in [6.07, 6.45) is 3.62. The highest BCUT2D eigenvalue weighted by Crippen LogP contribution is 2.14. The van der Waals surface area contributed by atoms with Crippen molar-refractivity contribution in [1.82, 2.24) is 0 Å². The van der Waals surface area contributed by atoms with E-state index in [1.54, 1.807) is 6.08 Å². The molecule has 3 nitrogen and oxygen atoms in total. The molecule has 0 fully saturated rings. The van der Waals surface area contributed by atoms with E-state index in [1.165, 1.54) is 0 Å². The van der Waals surface area contributed by atoms with Crippen LogP contribution in [0.25, 0.3) is 0 Å². The van der Waals surface area contributed by atoms with E-state index in [0.29, 0.717) is 6.61 Å². The van der Waals surface area contributed by atoms with Crippen molar-refractivity contribution in [1.29, 1.82) is 0 Å². The van der Waals surface area contributed by atoms with Crippen molar-refractivity contribution in [3.8, 4) is 5.75 Å². The minimum Gasteiger partial charge on any atom is -0.490 e. The zero-order chi connectivity index (χ0) is 13.4. The maximum Gasteiger partial charge on any atom is 0.311 e. The molecule has 0 aromatic heterocycles. The lowest BCUT2D eigenvalue weighted by molar-refractivity contribution is -0.151. The second kappa shape index (κ2) is 6.84. The van der Waals surface area contributed by atoms with E-state index in [2.05, 4.69) is 0 Å². The number of carbonyl (C=O) groups is 1. The number of esters is 1. The Morgan fingerprint density at radius 3 is 2.33 bits per heavy atom. The highest BCUT2D eigenvalue weighted by molar-refractivity contribution is 5.75. The van der Waals surface area contributed by atoms with Gasteiger partial charge in [0.1, 0.15) is 19.0 Å². The van der Waals surface area contributed by atoms with Gasteiger partial charge in [-0.3, -0.25) is 4.79 Å².